The SMILES string of the molecule is O=[N+]([O-])c1c(N2CC=C(c3ccc(Cl)cc3)CC2)ncnc1N1CCN(c2ncccn2)CC1. The summed E-state index contributed by atoms with van der Waals surface area (Å²) in [6, 6.07) is 9.51. The predicted molar refractivity (Wildman–Crippen MR) is 131 cm³/mol. The third-order valence-electron chi connectivity index (χ3n) is 6.10. The number of aromatic nitrogens is 4. The van der Waals surface area contributed by atoms with Crippen LogP contribution >= 0.6 is 11.6 Å². The van der Waals surface area contributed by atoms with Crippen molar-refractivity contribution in [2.45, 2.75) is 6.42 Å². The molecule has 0 saturated carbocycles. The van der Waals surface area contributed by atoms with Gasteiger partial charge in [0.05, 0.1) is 4.92 Å². The van der Waals surface area contributed by atoms with E-state index in [2.05, 4.69) is 30.9 Å². The Bertz CT molecular complexity index is 1200. The van der Waals surface area contributed by atoms with E-state index >= 15 is 0 Å². The Balaban J connectivity index is 1.35. The van der Waals surface area contributed by atoms with Gasteiger partial charge < -0.3 is 14.7 Å². The molecule has 0 radical (unpaired) electrons. The fourth-order valence-corrected chi connectivity index (χ4v) is 4.47. The van der Waals surface area contributed by atoms with Gasteiger partial charge in [0.15, 0.2) is 0 Å². The van der Waals surface area contributed by atoms with Gasteiger partial charge in [-0.05, 0) is 35.8 Å². The van der Waals surface area contributed by atoms with Gasteiger partial charge in [0.25, 0.3) is 0 Å². The number of rotatable bonds is 5. The van der Waals surface area contributed by atoms with Crippen molar-refractivity contribution in [2.75, 3.05) is 54.0 Å². The molecule has 0 amide bonds. The topological polar surface area (TPSA) is 104 Å². The number of hydrogen-bond donors (Lipinski definition) is 0. The van der Waals surface area contributed by atoms with Crippen LogP contribution in [0.3, 0.4) is 0 Å². The van der Waals surface area contributed by atoms with Crippen LogP contribution < -0.4 is 14.7 Å². The zero-order valence-corrected chi connectivity index (χ0v) is 19.2. The van der Waals surface area contributed by atoms with Crippen molar-refractivity contribution in [3.63, 3.8) is 0 Å². The molecule has 0 atom stereocenters. The lowest BCUT2D eigenvalue weighted by Crippen LogP contribution is -2.47. The molecule has 2 aromatic heterocycles. The van der Waals surface area contributed by atoms with Gasteiger partial charge in [-0.15, -0.1) is 0 Å². The van der Waals surface area contributed by atoms with Crippen LogP contribution in [0.2, 0.25) is 5.02 Å². The lowest BCUT2D eigenvalue weighted by molar-refractivity contribution is -0.383. The highest BCUT2D eigenvalue weighted by molar-refractivity contribution is 6.30. The Morgan fingerprint density at radius 3 is 2.12 bits per heavy atom. The standard InChI is InChI=1S/C23H23ClN8O2/c24-19-4-2-17(3-5-19)18-6-10-29(11-7-18)21-20(32(33)34)22(28-16-27-21)30-12-14-31(15-13-30)23-25-8-1-9-26-23/h1-6,8-9,16H,7,10-15H2. The number of halogens is 1. The van der Waals surface area contributed by atoms with Gasteiger partial charge in [0, 0.05) is 56.7 Å². The van der Waals surface area contributed by atoms with Crippen LogP contribution in [-0.4, -0.2) is 64.1 Å². The number of hydrogen-bond acceptors (Lipinski definition) is 9. The predicted octanol–water partition coefficient (Wildman–Crippen LogP) is 3.45. The fourth-order valence-electron chi connectivity index (χ4n) is 4.35. The maximum atomic E-state index is 12.1. The van der Waals surface area contributed by atoms with Crippen LogP contribution in [0.1, 0.15) is 12.0 Å². The molecule has 1 saturated heterocycles. The molecule has 11 heteroatoms. The highest BCUT2D eigenvalue weighted by Gasteiger charge is 2.32. The first kappa shape index (κ1) is 22.0. The molecule has 0 N–H and O–H groups in total. The van der Waals surface area contributed by atoms with E-state index < -0.39 is 0 Å². The third kappa shape index (κ3) is 4.49. The first-order chi connectivity index (χ1) is 16.6. The highest BCUT2D eigenvalue weighted by Crippen LogP contribution is 2.36. The first-order valence-electron chi connectivity index (χ1n) is 11.1. The average molecular weight is 479 g/mol. The monoisotopic (exact) mass is 478 g/mol. The van der Waals surface area contributed by atoms with Crippen molar-refractivity contribution in [1.82, 2.24) is 19.9 Å². The second-order valence-corrected chi connectivity index (χ2v) is 8.52. The Hall–Kier alpha value is -3.79. The van der Waals surface area contributed by atoms with Gasteiger partial charge in [-0.3, -0.25) is 10.1 Å². The largest absolute Gasteiger partial charge is 0.353 e. The number of nitrogens with zero attached hydrogens (tertiary/aromatic N) is 8. The quantitative estimate of drug-likeness (QED) is 0.402. The summed E-state index contributed by atoms with van der Waals surface area (Å²) in [5, 5.41) is 12.8. The van der Waals surface area contributed by atoms with Crippen molar-refractivity contribution >= 4 is 40.4 Å². The van der Waals surface area contributed by atoms with Crippen molar-refractivity contribution < 1.29 is 4.92 Å². The van der Waals surface area contributed by atoms with Crippen molar-refractivity contribution in [1.29, 1.82) is 0 Å². The van der Waals surface area contributed by atoms with Gasteiger partial charge in [0.1, 0.15) is 6.33 Å². The van der Waals surface area contributed by atoms with Gasteiger partial charge in [-0.25, -0.2) is 19.9 Å². The van der Waals surface area contributed by atoms with E-state index in [9.17, 15) is 10.1 Å². The van der Waals surface area contributed by atoms with Crippen LogP contribution in [-0.2, 0) is 0 Å². The minimum atomic E-state index is -0.365. The zero-order valence-electron chi connectivity index (χ0n) is 18.4. The van der Waals surface area contributed by atoms with E-state index in [1.54, 1.807) is 18.5 Å². The third-order valence-corrected chi connectivity index (χ3v) is 6.36. The molecule has 0 bridgehead atoms. The summed E-state index contributed by atoms with van der Waals surface area (Å²) < 4.78 is 0. The normalized spacial score (nSPS) is 16.4. The van der Waals surface area contributed by atoms with E-state index in [4.69, 9.17) is 11.6 Å². The van der Waals surface area contributed by atoms with E-state index in [1.165, 1.54) is 11.9 Å². The molecule has 1 aromatic carbocycles. The summed E-state index contributed by atoms with van der Waals surface area (Å²) in [5.41, 5.74) is 2.27. The zero-order chi connectivity index (χ0) is 23.5. The summed E-state index contributed by atoms with van der Waals surface area (Å²) in [7, 11) is 0. The van der Waals surface area contributed by atoms with Crippen LogP contribution in [0.25, 0.3) is 5.57 Å². The van der Waals surface area contributed by atoms with E-state index in [1.807, 2.05) is 34.1 Å². The van der Waals surface area contributed by atoms with E-state index in [-0.39, 0.29) is 10.6 Å². The van der Waals surface area contributed by atoms with Crippen LogP contribution in [0.5, 0.6) is 0 Å². The lowest BCUT2D eigenvalue weighted by Gasteiger charge is -2.35. The molecule has 2 aliphatic rings. The second kappa shape index (κ2) is 9.60. The van der Waals surface area contributed by atoms with Crippen LogP contribution in [0, 0.1) is 10.1 Å². The minimum absolute atomic E-state index is 0.0461. The summed E-state index contributed by atoms with van der Waals surface area (Å²) in [6.07, 6.45) is 7.69. The molecule has 4 heterocycles. The maximum Gasteiger partial charge on any atom is 0.353 e. The molecular weight excluding hydrogens is 456 g/mol. The summed E-state index contributed by atoms with van der Waals surface area (Å²) in [5.74, 6) is 1.38. The van der Waals surface area contributed by atoms with Crippen molar-refractivity contribution in [3.05, 3.63) is 75.8 Å². The summed E-state index contributed by atoms with van der Waals surface area (Å²) in [6.45, 7) is 3.63. The number of piperazine rings is 1. The smallest absolute Gasteiger partial charge is 0.347 e. The van der Waals surface area contributed by atoms with Gasteiger partial charge in [0.2, 0.25) is 17.6 Å². The Morgan fingerprint density at radius 2 is 1.50 bits per heavy atom. The molecule has 3 aromatic rings. The number of benzene rings is 1. The second-order valence-electron chi connectivity index (χ2n) is 8.08. The molecule has 1 fully saturated rings. The molecule has 2 aliphatic heterocycles. The van der Waals surface area contributed by atoms with Crippen molar-refractivity contribution in [3.8, 4) is 0 Å². The minimum Gasteiger partial charge on any atom is -0.347 e. The van der Waals surface area contributed by atoms with Crippen LogP contribution in [0.15, 0.2) is 55.1 Å². The molecule has 34 heavy (non-hydrogen) atoms. The fraction of sp³-hybridized carbons (Fsp3) is 0.304. The Kier molecular flexibility index (Phi) is 6.22. The highest BCUT2D eigenvalue weighted by atomic mass is 35.5. The average Bonchev–Trinajstić information content (AvgIpc) is 2.89. The molecule has 5 rings (SSSR count). The molecule has 10 nitrogen and oxygen atoms in total. The molecule has 174 valence electrons. The molecule has 0 aliphatic carbocycles. The summed E-state index contributed by atoms with van der Waals surface area (Å²) in [4.78, 5) is 35.0. The van der Waals surface area contributed by atoms with Crippen LogP contribution in [0.4, 0.5) is 23.3 Å². The Labute approximate surface area is 201 Å². The first-order valence-corrected chi connectivity index (χ1v) is 11.4. The van der Waals surface area contributed by atoms with E-state index in [0.29, 0.717) is 61.9 Å². The van der Waals surface area contributed by atoms with Gasteiger partial charge in [-0.1, -0.05) is 29.8 Å². The van der Waals surface area contributed by atoms with Crippen molar-refractivity contribution in [2.24, 2.45) is 0 Å². The molecule has 0 unspecified atom stereocenters. The van der Waals surface area contributed by atoms with Gasteiger partial charge >= 0.3 is 5.69 Å². The lowest BCUT2D eigenvalue weighted by atomic mass is 9.99. The van der Waals surface area contributed by atoms with Gasteiger partial charge in [-0.2, -0.15) is 0 Å². The number of nitro groups is 1. The van der Waals surface area contributed by atoms with E-state index in [0.717, 1.165) is 12.0 Å². The Morgan fingerprint density at radius 1 is 0.853 bits per heavy atom. The molecular formula is C23H23ClN8O2. The molecule has 0 spiro atoms. The number of anilines is 3. The maximum absolute atomic E-state index is 12.1. The summed E-state index contributed by atoms with van der Waals surface area (Å²) >= 11 is 6.00.